The number of sulfonamides is 1. The molecule has 2 N–H and O–H groups in total. The second-order valence-electron chi connectivity index (χ2n) is 4.70. The Bertz CT molecular complexity index is 1000. The first-order valence-corrected chi connectivity index (χ1v) is 10.3. The van der Waals surface area contributed by atoms with Crippen LogP contribution in [0.25, 0.3) is 0 Å². The van der Waals surface area contributed by atoms with Crippen molar-refractivity contribution in [3.63, 3.8) is 0 Å². The topological polar surface area (TPSA) is 101 Å². The third-order valence-corrected chi connectivity index (χ3v) is 5.31. The normalized spacial score (nSPS) is 11.2. The van der Waals surface area contributed by atoms with Crippen molar-refractivity contribution in [1.82, 2.24) is 4.72 Å². The molecule has 2 rings (SSSR count). The molecule has 0 amide bonds. The molecule has 0 bridgehead atoms. The van der Waals surface area contributed by atoms with E-state index in [-0.39, 0.29) is 13.5 Å². The minimum atomic E-state index is -5.67. The maximum absolute atomic E-state index is 13.9. The van der Waals surface area contributed by atoms with Crippen molar-refractivity contribution in [3.8, 4) is 0 Å². The van der Waals surface area contributed by atoms with Gasteiger partial charge in [-0.25, -0.2) is 30.7 Å². The molecule has 0 spiro atoms. The van der Waals surface area contributed by atoms with E-state index in [0.29, 0.717) is 5.56 Å². The summed E-state index contributed by atoms with van der Waals surface area (Å²) in [5, 5.41) is 0. The number of benzene rings is 2. The zero-order valence-corrected chi connectivity index (χ0v) is 17.1. The SMILES string of the molecule is CC.O=S(=O)(O)c1c(F)c(F)c(S(=O)(=O)NCc2ccccc2)c(F)c1F.S. The molecule has 0 fully saturated rings. The van der Waals surface area contributed by atoms with Crippen LogP contribution in [0.1, 0.15) is 19.4 Å². The second-order valence-corrected chi connectivity index (χ2v) is 7.76. The highest BCUT2D eigenvalue weighted by molar-refractivity contribution is 7.89. The molecule has 0 aliphatic carbocycles. The van der Waals surface area contributed by atoms with Gasteiger partial charge in [-0.1, -0.05) is 44.2 Å². The van der Waals surface area contributed by atoms with Gasteiger partial charge in [-0.05, 0) is 5.56 Å². The van der Waals surface area contributed by atoms with Crippen molar-refractivity contribution in [2.45, 2.75) is 30.2 Å². The molecular formula is C15H17F4NO5S3. The zero-order valence-electron chi connectivity index (χ0n) is 14.5. The second kappa shape index (κ2) is 10.2. The minimum absolute atomic E-state index is 0. The summed E-state index contributed by atoms with van der Waals surface area (Å²) in [4.78, 5) is -4.35. The number of rotatable bonds is 5. The fourth-order valence-corrected chi connectivity index (χ4v) is 3.68. The van der Waals surface area contributed by atoms with E-state index in [4.69, 9.17) is 4.55 Å². The Morgan fingerprint density at radius 1 is 0.821 bits per heavy atom. The van der Waals surface area contributed by atoms with Crippen LogP contribution in [0.15, 0.2) is 40.1 Å². The Balaban J connectivity index is 0.00000235. The number of nitrogens with one attached hydrogen (secondary N) is 1. The smallest absolute Gasteiger partial charge is 0.282 e. The summed E-state index contributed by atoms with van der Waals surface area (Å²) in [6.45, 7) is 3.55. The largest absolute Gasteiger partial charge is 0.300 e. The average Bonchev–Trinajstić information content (AvgIpc) is 2.60. The van der Waals surface area contributed by atoms with Gasteiger partial charge in [-0.3, -0.25) is 4.55 Å². The van der Waals surface area contributed by atoms with Crippen molar-refractivity contribution in [2.24, 2.45) is 0 Å². The predicted octanol–water partition coefficient (Wildman–Crippen LogP) is 3.11. The van der Waals surface area contributed by atoms with Crippen LogP contribution in [0.3, 0.4) is 0 Å². The predicted molar refractivity (Wildman–Crippen MR) is 98.3 cm³/mol. The highest BCUT2D eigenvalue weighted by Gasteiger charge is 2.37. The van der Waals surface area contributed by atoms with Crippen LogP contribution in [0.4, 0.5) is 17.6 Å². The molecule has 13 heteroatoms. The van der Waals surface area contributed by atoms with Gasteiger partial charge in [0.2, 0.25) is 10.0 Å². The summed E-state index contributed by atoms with van der Waals surface area (Å²) in [5.74, 6) is -10.1. The van der Waals surface area contributed by atoms with E-state index in [1.807, 2.05) is 13.8 Å². The first-order chi connectivity index (χ1) is 12.5. The molecule has 0 heterocycles. The first-order valence-electron chi connectivity index (χ1n) is 7.34. The molecule has 0 aromatic heterocycles. The average molecular weight is 463 g/mol. The van der Waals surface area contributed by atoms with E-state index >= 15 is 0 Å². The summed E-state index contributed by atoms with van der Waals surface area (Å²) >= 11 is 0. The molecule has 158 valence electrons. The summed E-state index contributed by atoms with van der Waals surface area (Å²) in [6.07, 6.45) is 0. The van der Waals surface area contributed by atoms with E-state index in [0.717, 1.165) is 0 Å². The third kappa shape index (κ3) is 5.67. The van der Waals surface area contributed by atoms with Crippen LogP contribution < -0.4 is 4.72 Å². The van der Waals surface area contributed by atoms with Crippen molar-refractivity contribution < 1.29 is 39.0 Å². The monoisotopic (exact) mass is 463 g/mol. The third-order valence-electron chi connectivity index (χ3n) is 3.02. The van der Waals surface area contributed by atoms with Gasteiger partial charge < -0.3 is 0 Å². The molecule has 0 aliphatic rings. The van der Waals surface area contributed by atoms with E-state index < -0.39 is 59.7 Å². The Hall–Kier alpha value is -1.67. The lowest BCUT2D eigenvalue weighted by molar-refractivity contribution is 0.379. The molecule has 0 unspecified atom stereocenters. The van der Waals surface area contributed by atoms with Crippen LogP contribution in [-0.4, -0.2) is 21.4 Å². The molecule has 2 aromatic carbocycles. The molecule has 0 aliphatic heterocycles. The molecule has 28 heavy (non-hydrogen) atoms. The fourth-order valence-electron chi connectivity index (χ4n) is 1.90. The van der Waals surface area contributed by atoms with Gasteiger partial charge in [0.25, 0.3) is 0 Å². The highest BCUT2D eigenvalue weighted by atomic mass is 32.2. The summed E-state index contributed by atoms with van der Waals surface area (Å²) in [7, 11) is -10.8. The van der Waals surface area contributed by atoms with Crippen LogP contribution in [0.2, 0.25) is 0 Å². The van der Waals surface area contributed by atoms with Crippen LogP contribution in [0, 0.1) is 23.3 Å². The molecule has 6 nitrogen and oxygen atoms in total. The lowest BCUT2D eigenvalue weighted by Crippen LogP contribution is -2.27. The highest BCUT2D eigenvalue weighted by Crippen LogP contribution is 2.30. The van der Waals surface area contributed by atoms with E-state index in [1.165, 1.54) is 12.1 Å². The number of hydrogen-bond donors (Lipinski definition) is 2. The number of halogens is 4. The van der Waals surface area contributed by atoms with Crippen LogP contribution >= 0.6 is 13.5 Å². The van der Waals surface area contributed by atoms with Gasteiger partial charge in [0.05, 0.1) is 0 Å². The maximum Gasteiger partial charge on any atom is 0.300 e. The molecule has 0 saturated heterocycles. The van der Waals surface area contributed by atoms with Crippen molar-refractivity contribution in [2.75, 3.05) is 0 Å². The van der Waals surface area contributed by atoms with Gasteiger partial charge in [0.1, 0.15) is 0 Å². The quantitative estimate of drug-likeness (QED) is 0.403. The van der Waals surface area contributed by atoms with E-state index in [2.05, 4.69) is 0 Å². The van der Waals surface area contributed by atoms with Gasteiger partial charge in [-0.2, -0.15) is 21.9 Å². The summed E-state index contributed by atoms with van der Waals surface area (Å²) in [6, 6.07) is 7.65. The van der Waals surface area contributed by atoms with E-state index in [9.17, 15) is 34.4 Å². The minimum Gasteiger partial charge on any atom is -0.282 e. The van der Waals surface area contributed by atoms with Crippen molar-refractivity contribution in [3.05, 3.63) is 59.2 Å². The fraction of sp³-hybridized carbons (Fsp3) is 0.200. The summed E-state index contributed by atoms with van der Waals surface area (Å²) in [5.41, 5.74) is 0.377. The Morgan fingerprint density at radius 3 is 1.61 bits per heavy atom. The first kappa shape index (κ1) is 26.3. The molecule has 0 atom stereocenters. The standard InChI is InChI=1S/C13H9F4NO5S2.C2H6.H2S/c14-8-10(16)13(25(21,22)23)11(17)9(15)12(8)24(19,20)18-6-7-4-2-1-3-5-7;1-2;/h1-5,18H,6H2,(H,21,22,23);1-2H3;1H2. The lowest BCUT2D eigenvalue weighted by Gasteiger charge is -2.12. The van der Waals surface area contributed by atoms with Crippen molar-refractivity contribution in [1.29, 1.82) is 0 Å². The van der Waals surface area contributed by atoms with Gasteiger partial charge in [0, 0.05) is 6.54 Å². The Kier molecular flexibility index (Phi) is 9.60. The molecular weight excluding hydrogens is 446 g/mol. The van der Waals surface area contributed by atoms with Gasteiger partial charge >= 0.3 is 10.1 Å². The van der Waals surface area contributed by atoms with Crippen LogP contribution in [0.5, 0.6) is 0 Å². The Labute approximate surface area is 166 Å². The maximum atomic E-state index is 13.9. The number of hydrogen-bond acceptors (Lipinski definition) is 4. The lowest BCUT2D eigenvalue weighted by atomic mass is 10.2. The van der Waals surface area contributed by atoms with Crippen molar-refractivity contribution >= 4 is 33.6 Å². The van der Waals surface area contributed by atoms with Gasteiger partial charge in [0.15, 0.2) is 33.1 Å². The molecule has 0 saturated carbocycles. The summed E-state index contributed by atoms with van der Waals surface area (Å²) < 4.78 is 111. The van der Waals surface area contributed by atoms with Crippen LogP contribution in [-0.2, 0) is 26.7 Å². The Morgan fingerprint density at radius 2 is 1.21 bits per heavy atom. The zero-order chi connectivity index (χ0) is 21.0. The molecule has 0 radical (unpaired) electrons. The van der Waals surface area contributed by atoms with Gasteiger partial charge in [-0.15, -0.1) is 0 Å². The molecule has 2 aromatic rings. The van der Waals surface area contributed by atoms with E-state index in [1.54, 1.807) is 22.9 Å².